The number of rotatable bonds is 4. The van der Waals surface area contributed by atoms with Crippen LogP contribution in [0.1, 0.15) is 51.9 Å². The second-order valence-electron chi connectivity index (χ2n) is 6.85. The molecule has 1 aromatic carbocycles. The van der Waals surface area contributed by atoms with Crippen molar-refractivity contribution in [1.82, 2.24) is 9.47 Å². The summed E-state index contributed by atoms with van der Waals surface area (Å²) in [5.74, 6) is 0.102. The van der Waals surface area contributed by atoms with Crippen LogP contribution in [0.15, 0.2) is 36.4 Å². The van der Waals surface area contributed by atoms with E-state index in [4.69, 9.17) is 0 Å². The molecule has 1 saturated heterocycles. The van der Waals surface area contributed by atoms with E-state index in [-0.39, 0.29) is 17.6 Å². The Balaban J connectivity index is 1.77. The Morgan fingerprint density at radius 3 is 2.52 bits per heavy atom. The molecule has 3 rings (SSSR count). The minimum absolute atomic E-state index is 0.0540. The molecule has 4 heteroatoms. The molecule has 4 nitrogen and oxygen atoms in total. The quantitative estimate of drug-likeness (QED) is 0.795. The molecule has 0 N–H and O–H groups in total. The average Bonchev–Trinajstić information content (AvgIpc) is 2.94. The van der Waals surface area contributed by atoms with Gasteiger partial charge < -0.3 is 9.47 Å². The lowest BCUT2D eigenvalue weighted by Gasteiger charge is -2.32. The van der Waals surface area contributed by atoms with Crippen molar-refractivity contribution < 1.29 is 9.59 Å². The largest absolute Gasteiger partial charge is 0.349 e. The van der Waals surface area contributed by atoms with Gasteiger partial charge >= 0.3 is 0 Å². The fourth-order valence-corrected chi connectivity index (χ4v) is 3.89. The zero-order valence-electron chi connectivity index (χ0n) is 15.3. The Bertz CT molecular complexity index is 777. The van der Waals surface area contributed by atoms with E-state index in [2.05, 4.69) is 11.5 Å². The third kappa shape index (κ3) is 3.39. The maximum atomic E-state index is 13.0. The van der Waals surface area contributed by atoms with Crippen molar-refractivity contribution in [2.45, 2.75) is 40.2 Å². The van der Waals surface area contributed by atoms with Gasteiger partial charge in [0.05, 0.1) is 5.56 Å². The Hall–Kier alpha value is -2.36. The molecule has 1 aliphatic rings. The highest BCUT2D eigenvalue weighted by molar-refractivity contribution is 5.99. The number of Topliss-reactive ketones (excluding diaryl/α,β-unsaturated/α-hetero) is 1. The number of likely N-dealkylation sites (tertiary alicyclic amines) is 1. The molecule has 1 aliphatic heterocycles. The van der Waals surface area contributed by atoms with Crippen LogP contribution in [0.5, 0.6) is 0 Å². The lowest BCUT2D eigenvalue weighted by molar-refractivity contribution is 0.0636. The van der Waals surface area contributed by atoms with Crippen molar-refractivity contribution in [3.63, 3.8) is 0 Å². The molecule has 2 aromatic rings. The number of nitrogens with zero attached hydrogens (tertiary/aromatic N) is 2. The summed E-state index contributed by atoms with van der Waals surface area (Å²) in [5, 5.41) is 0. The van der Waals surface area contributed by atoms with Gasteiger partial charge in [-0.2, -0.15) is 0 Å². The third-order valence-electron chi connectivity index (χ3n) is 5.26. The van der Waals surface area contributed by atoms with Crippen molar-refractivity contribution in [3.8, 4) is 0 Å². The summed E-state index contributed by atoms with van der Waals surface area (Å²) in [7, 11) is 0. The molecular weight excluding hydrogens is 312 g/mol. The van der Waals surface area contributed by atoms with E-state index in [0.29, 0.717) is 6.54 Å². The van der Waals surface area contributed by atoms with Gasteiger partial charge in [0.25, 0.3) is 5.91 Å². The fourth-order valence-electron chi connectivity index (χ4n) is 3.89. The number of aromatic nitrogens is 1. The van der Waals surface area contributed by atoms with Gasteiger partial charge in [-0.25, -0.2) is 0 Å². The molecule has 0 radical (unpaired) electrons. The van der Waals surface area contributed by atoms with Crippen LogP contribution in [-0.2, 0) is 6.54 Å². The number of hydrogen-bond acceptors (Lipinski definition) is 2. The van der Waals surface area contributed by atoms with Crippen molar-refractivity contribution in [2.75, 3.05) is 13.1 Å². The Morgan fingerprint density at radius 1 is 1.16 bits per heavy atom. The third-order valence-corrected chi connectivity index (χ3v) is 5.26. The van der Waals surface area contributed by atoms with Crippen LogP contribution < -0.4 is 0 Å². The smallest absolute Gasteiger partial charge is 0.255 e. The summed E-state index contributed by atoms with van der Waals surface area (Å²) < 4.78 is 2.16. The molecular formula is C21H26N2O2. The van der Waals surface area contributed by atoms with Crippen LogP contribution >= 0.6 is 0 Å². The Kier molecular flexibility index (Phi) is 5.07. The zero-order valence-corrected chi connectivity index (χ0v) is 15.3. The predicted molar refractivity (Wildman–Crippen MR) is 99.0 cm³/mol. The number of amides is 1. The monoisotopic (exact) mass is 338 g/mol. The van der Waals surface area contributed by atoms with Gasteiger partial charge in [-0.1, -0.05) is 30.3 Å². The van der Waals surface area contributed by atoms with E-state index in [1.165, 1.54) is 0 Å². The van der Waals surface area contributed by atoms with Crippen LogP contribution in [0, 0.1) is 19.8 Å². The molecule has 0 bridgehead atoms. The highest BCUT2D eigenvalue weighted by atomic mass is 16.2. The van der Waals surface area contributed by atoms with Crippen LogP contribution in [0.3, 0.4) is 0 Å². The number of aryl methyl sites for hydroxylation is 1. The minimum Gasteiger partial charge on any atom is -0.349 e. The molecule has 0 spiro atoms. The maximum Gasteiger partial charge on any atom is 0.255 e. The fraction of sp³-hybridized carbons (Fsp3) is 0.429. The molecule has 0 unspecified atom stereocenters. The lowest BCUT2D eigenvalue weighted by Crippen LogP contribution is -2.42. The summed E-state index contributed by atoms with van der Waals surface area (Å²) in [6.07, 6.45) is 1.73. The first-order valence-electron chi connectivity index (χ1n) is 9.08. The number of piperidine rings is 1. The molecule has 1 aromatic heterocycles. The first-order chi connectivity index (χ1) is 12.0. The molecule has 1 atom stereocenters. The van der Waals surface area contributed by atoms with Gasteiger partial charge in [0.2, 0.25) is 0 Å². The van der Waals surface area contributed by atoms with Crippen molar-refractivity contribution >= 4 is 11.7 Å². The highest BCUT2D eigenvalue weighted by Gasteiger charge is 2.30. The molecule has 2 heterocycles. The molecule has 25 heavy (non-hydrogen) atoms. The van der Waals surface area contributed by atoms with Crippen LogP contribution in [0.2, 0.25) is 0 Å². The topological polar surface area (TPSA) is 42.3 Å². The Morgan fingerprint density at radius 2 is 1.88 bits per heavy atom. The van der Waals surface area contributed by atoms with Crippen molar-refractivity contribution in [1.29, 1.82) is 0 Å². The van der Waals surface area contributed by atoms with E-state index in [1.807, 2.05) is 55.1 Å². The van der Waals surface area contributed by atoms with Gasteiger partial charge in [-0.3, -0.25) is 9.59 Å². The summed E-state index contributed by atoms with van der Waals surface area (Å²) >= 11 is 0. The minimum atomic E-state index is -0.102. The number of carbonyl (C=O) groups excluding carboxylic acids is 2. The molecule has 1 fully saturated rings. The number of carbonyl (C=O) groups is 2. The van der Waals surface area contributed by atoms with Gasteiger partial charge in [-0.05, 0) is 39.7 Å². The number of hydrogen-bond donors (Lipinski definition) is 0. The second kappa shape index (κ2) is 7.26. The van der Waals surface area contributed by atoms with Gasteiger partial charge in [0.1, 0.15) is 0 Å². The zero-order chi connectivity index (χ0) is 18.0. The highest BCUT2D eigenvalue weighted by Crippen LogP contribution is 2.24. The van der Waals surface area contributed by atoms with Gasteiger partial charge in [-0.15, -0.1) is 0 Å². The van der Waals surface area contributed by atoms with Crippen LogP contribution in [0.25, 0.3) is 0 Å². The van der Waals surface area contributed by atoms with Crippen molar-refractivity contribution in [3.05, 3.63) is 58.9 Å². The van der Waals surface area contributed by atoms with E-state index in [9.17, 15) is 9.59 Å². The summed E-state index contributed by atoms with van der Waals surface area (Å²) in [5.41, 5.74) is 3.64. The summed E-state index contributed by atoms with van der Waals surface area (Å²) in [6, 6.07) is 11.4. The standard InChI is InChI=1S/C21H26N2O2/c1-4-23-15(2)13-19(16(23)3)21(25)22-12-8-11-18(14-22)20(24)17-9-6-5-7-10-17/h5-7,9-10,13,18H,4,8,11-12,14H2,1-3H3/t18-/m1/s1. The SMILES string of the molecule is CCn1c(C)cc(C(=O)N2CCC[C@@H](C(=O)c3ccccc3)C2)c1C. The predicted octanol–water partition coefficient (Wildman–Crippen LogP) is 3.86. The number of benzene rings is 1. The first-order valence-corrected chi connectivity index (χ1v) is 9.08. The van der Waals surface area contributed by atoms with E-state index < -0.39 is 0 Å². The normalized spacial score (nSPS) is 17.6. The van der Waals surface area contributed by atoms with Crippen molar-refractivity contribution in [2.24, 2.45) is 5.92 Å². The number of ketones is 1. The van der Waals surface area contributed by atoms with E-state index in [0.717, 1.165) is 48.4 Å². The van der Waals surface area contributed by atoms with Gasteiger partial charge in [0.15, 0.2) is 5.78 Å². The van der Waals surface area contributed by atoms with E-state index in [1.54, 1.807) is 0 Å². The molecule has 0 saturated carbocycles. The lowest BCUT2D eigenvalue weighted by atomic mass is 9.89. The van der Waals surface area contributed by atoms with E-state index >= 15 is 0 Å². The second-order valence-corrected chi connectivity index (χ2v) is 6.85. The first kappa shape index (κ1) is 17.5. The molecule has 1 amide bonds. The molecule has 132 valence electrons. The van der Waals surface area contributed by atoms with Crippen LogP contribution in [-0.4, -0.2) is 34.2 Å². The van der Waals surface area contributed by atoms with Gasteiger partial charge in [0, 0.05) is 42.5 Å². The molecule has 0 aliphatic carbocycles. The summed E-state index contributed by atoms with van der Waals surface area (Å²) in [6.45, 7) is 8.23. The Labute approximate surface area is 149 Å². The summed E-state index contributed by atoms with van der Waals surface area (Å²) in [4.78, 5) is 27.6. The maximum absolute atomic E-state index is 13.0. The van der Waals surface area contributed by atoms with Crippen LogP contribution in [0.4, 0.5) is 0 Å². The average molecular weight is 338 g/mol.